The molecule has 1 aliphatic rings. The first-order valence-electron chi connectivity index (χ1n) is 7.23. The van der Waals surface area contributed by atoms with Gasteiger partial charge in [0.15, 0.2) is 0 Å². The van der Waals surface area contributed by atoms with Crippen molar-refractivity contribution in [3.63, 3.8) is 0 Å². The Morgan fingerprint density at radius 2 is 2.16 bits per heavy atom. The standard InChI is InChI=1S/C14H24N4O/c15-12-14(6-2-1-3-7-14)13(19)16-8-4-10-18-11-5-9-17-18/h5,9,11H,1-4,6-8,10,12,15H2,(H,16,19). The number of rotatable bonds is 6. The Labute approximate surface area is 114 Å². The molecule has 2 rings (SSSR count). The van der Waals surface area contributed by atoms with Gasteiger partial charge in [0.1, 0.15) is 0 Å². The van der Waals surface area contributed by atoms with Gasteiger partial charge in [0.25, 0.3) is 0 Å². The monoisotopic (exact) mass is 264 g/mol. The number of nitrogens with two attached hydrogens (primary N) is 1. The lowest BCUT2D eigenvalue weighted by Crippen LogP contribution is -2.47. The number of nitrogens with zero attached hydrogens (tertiary/aromatic N) is 2. The molecule has 0 atom stereocenters. The minimum atomic E-state index is -0.302. The van der Waals surface area contributed by atoms with Crippen molar-refractivity contribution in [2.75, 3.05) is 13.1 Å². The van der Waals surface area contributed by atoms with Crippen LogP contribution in [0.3, 0.4) is 0 Å². The van der Waals surface area contributed by atoms with Gasteiger partial charge in [0, 0.05) is 32.0 Å². The van der Waals surface area contributed by atoms with Crippen molar-refractivity contribution in [3.05, 3.63) is 18.5 Å². The van der Waals surface area contributed by atoms with Crippen molar-refractivity contribution >= 4 is 5.91 Å². The van der Waals surface area contributed by atoms with E-state index in [2.05, 4.69) is 10.4 Å². The van der Waals surface area contributed by atoms with Gasteiger partial charge < -0.3 is 11.1 Å². The molecular formula is C14H24N4O. The Morgan fingerprint density at radius 3 is 2.79 bits per heavy atom. The molecular weight excluding hydrogens is 240 g/mol. The van der Waals surface area contributed by atoms with E-state index in [4.69, 9.17) is 5.73 Å². The second kappa shape index (κ2) is 6.70. The van der Waals surface area contributed by atoms with E-state index in [0.717, 1.165) is 38.6 Å². The van der Waals surface area contributed by atoms with Crippen LogP contribution in [0.5, 0.6) is 0 Å². The summed E-state index contributed by atoms with van der Waals surface area (Å²) < 4.78 is 1.88. The summed E-state index contributed by atoms with van der Waals surface area (Å²) in [5, 5.41) is 7.18. The van der Waals surface area contributed by atoms with E-state index < -0.39 is 0 Å². The number of aryl methyl sites for hydroxylation is 1. The molecule has 0 unspecified atom stereocenters. The maximum atomic E-state index is 12.3. The van der Waals surface area contributed by atoms with E-state index in [1.807, 2.05) is 16.9 Å². The molecule has 106 valence electrons. The number of carbonyl (C=O) groups excluding carboxylic acids is 1. The van der Waals surface area contributed by atoms with Crippen LogP contribution in [-0.2, 0) is 11.3 Å². The smallest absolute Gasteiger partial charge is 0.227 e. The zero-order valence-electron chi connectivity index (χ0n) is 11.5. The fourth-order valence-corrected chi connectivity index (χ4v) is 2.82. The Balaban J connectivity index is 1.73. The lowest BCUT2D eigenvalue weighted by atomic mass is 9.73. The van der Waals surface area contributed by atoms with Crippen LogP contribution >= 0.6 is 0 Å². The molecule has 0 saturated heterocycles. The molecule has 3 N–H and O–H groups in total. The maximum Gasteiger partial charge on any atom is 0.227 e. The third kappa shape index (κ3) is 3.56. The fourth-order valence-electron chi connectivity index (χ4n) is 2.82. The van der Waals surface area contributed by atoms with Gasteiger partial charge in [-0.2, -0.15) is 5.10 Å². The highest BCUT2D eigenvalue weighted by Crippen LogP contribution is 2.35. The summed E-state index contributed by atoms with van der Waals surface area (Å²) in [5.41, 5.74) is 5.54. The zero-order chi connectivity index (χ0) is 13.6. The van der Waals surface area contributed by atoms with E-state index in [-0.39, 0.29) is 11.3 Å². The number of hydrogen-bond donors (Lipinski definition) is 2. The van der Waals surface area contributed by atoms with Crippen molar-refractivity contribution < 1.29 is 4.79 Å². The Hall–Kier alpha value is -1.36. The topological polar surface area (TPSA) is 72.9 Å². The third-order valence-corrected chi connectivity index (χ3v) is 4.09. The summed E-state index contributed by atoms with van der Waals surface area (Å²) >= 11 is 0. The summed E-state index contributed by atoms with van der Waals surface area (Å²) in [5.74, 6) is 0.148. The predicted molar refractivity (Wildman–Crippen MR) is 74.4 cm³/mol. The largest absolute Gasteiger partial charge is 0.356 e. The first-order chi connectivity index (χ1) is 9.27. The van der Waals surface area contributed by atoms with E-state index in [1.165, 1.54) is 6.42 Å². The lowest BCUT2D eigenvalue weighted by Gasteiger charge is -2.34. The van der Waals surface area contributed by atoms with Gasteiger partial charge in [-0.05, 0) is 25.3 Å². The van der Waals surface area contributed by atoms with Gasteiger partial charge in [0.05, 0.1) is 5.41 Å². The predicted octanol–water partition coefficient (Wildman–Crippen LogP) is 1.30. The van der Waals surface area contributed by atoms with Gasteiger partial charge in [-0.3, -0.25) is 9.48 Å². The zero-order valence-corrected chi connectivity index (χ0v) is 11.5. The number of hydrogen-bond acceptors (Lipinski definition) is 3. The summed E-state index contributed by atoms with van der Waals surface area (Å²) in [6.07, 6.45) is 9.95. The van der Waals surface area contributed by atoms with Crippen molar-refractivity contribution in [2.45, 2.75) is 45.1 Å². The van der Waals surface area contributed by atoms with Crippen LogP contribution in [0.15, 0.2) is 18.5 Å². The van der Waals surface area contributed by atoms with E-state index in [0.29, 0.717) is 13.1 Å². The number of amides is 1. The number of aromatic nitrogens is 2. The second-order valence-electron chi connectivity index (χ2n) is 5.42. The summed E-state index contributed by atoms with van der Waals surface area (Å²) in [6, 6.07) is 1.91. The van der Waals surface area contributed by atoms with Crippen LogP contribution in [0.25, 0.3) is 0 Å². The first-order valence-corrected chi connectivity index (χ1v) is 7.23. The van der Waals surface area contributed by atoms with Gasteiger partial charge >= 0.3 is 0 Å². The average molecular weight is 264 g/mol. The van der Waals surface area contributed by atoms with Crippen molar-refractivity contribution in [1.29, 1.82) is 0 Å². The van der Waals surface area contributed by atoms with Gasteiger partial charge in [0.2, 0.25) is 5.91 Å². The summed E-state index contributed by atoms with van der Waals surface area (Å²) in [7, 11) is 0. The molecule has 0 radical (unpaired) electrons. The Kier molecular flexibility index (Phi) is 4.96. The summed E-state index contributed by atoms with van der Waals surface area (Å²) in [6.45, 7) is 2.00. The number of carbonyl (C=O) groups is 1. The molecule has 1 aromatic rings. The molecule has 1 fully saturated rings. The van der Waals surface area contributed by atoms with Crippen molar-refractivity contribution in [3.8, 4) is 0 Å². The second-order valence-corrected chi connectivity index (χ2v) is 5.42. The van der Waals surface area contributed by atoms with E-state index in [9.17, 15) is 4.79 Å². The minimum absolute atomic E-state index is 0.148. The molecule has 0 spiro atoms. The quantitative estimate of drug-likeness (QED) is 0.761. The van der Waals surface area contributed by atoms with Gasteiger partial charge in [-0.15, -0.1) is 0 Å². The molecule has 1 heterocycles. The van der Waals surface area contributed by atoms with E-state index >= 15 is 0 Å². The molecule has 0 aliphatic heterocycles. The average Bonchev–Trinajstić information content (AvgIpc) is 2.97. The SMILES string of the molecule is NCC1(C(=O)NCCCn2cccn2)CCCCC1. The molecule has 0 bridgehead atoms. The highest BCUT2D eigenvalue weighted by molar-refractivity contribution is 5.82. The molecule has 19 heavy (non-hydrogen) atoms. The molecule has 0 aromatic carbocycles. The lowest BCUT2D eigenvalue weighted by molar-refractivity contribution is -0.132. The summed E-state index contributed by atoms with van der Waals surface area (Å²) in [4.78, 5) is 12.3. The Bertz CT molecular complexity index is 382. The van der Waals surface area contributed by atoms with Crippen LogP contribution in [0.1, 0.15) is 38.5 Å². The highest BCUT2D eigenvalue weighted by atomic mass is 16.2. The first kappa shape index (κ1) is 14.1. The van der Waals surface area contributed by atoms with Crippen LogP contribution in [0.4, 0.5) is 0 Å². The van der Waals surface area contributed by atoms with Crippen molar-refractivity contribution in [2.24, 2.45) is 11.1 Å². The molecule has 1 aliphatic carbocycles. The van der Waals surface area contributed by atoms with Crippen LogP contribution in [0.2, 0.25) is 0 Å². The molecule has 1 amide bonds. The van der Waals surface area contributed by atoms with Gasteiger partial charge in [-0.1, -0.05) is 19.3 Å². The molecule has 5 heteroatoms. The normalized spacial score (nSPS) is 18.2. The van der Waals surface area contributed by atoms with Crippen molar-refractivity contribution in [1.82, 2.24) is 15.1 Å². The molecule has 1 saturated carbocycles. The highest BCUT2D eigenvalue weighted by Gasteiger charge is 2.37. The maximum absolute atomic E-state index is 12.3. The van der Waals surface area contributed by atoms with Crippen LogP contribution < -0.4 is 11.1 Å². The van der Waals surface area contributed by atoms with Gasteiger partial charge in [-0.25, -0.2) is 0 Å². The minimum Gasteiger partial charge on any atom is -0.356 e. The van der Waals surface area contributed by atoms with Crippen LogP contribution in [-0.4, -0.2) is 28.8 Å². The third-order valence-electron chi connectivity index (χ3n) is 4.09. The van der Waals surface area contributed by atoms with E-state index in [1.54, 1.807) is 6.20 Å². The molecule has 1 aromatic heterocycles. The molecule has 5 nitrogen and oxygen atoms in total. The fraction of sp³-hybridized carbons (Fsp3) is 0.714. The van der Waals surface area contributed by atoms with Crippen LogP contribution in [0, 0.1) is 5.41 Å². The Morgan fingerprint density at radius 1 is 1.37 bits per heavy atom. The number of nitrogens with one attached hydrogen (secondary N) is 1.